The van der Waals surface area contributed by atoms with E-state index in [-0.39, 0.29) is 0 Å². The van der Waals surface area contributed by atoms with E-state index >= 15 is 0 Å². The van der Waals surface area contributed by atoms with Crippen molar-refractivity contribution in [3.63, 3.8) is 0 Å². The van der Waals surface area contributed by atoms with E-state index in [9.17, 15) is 4.79 Å². The lowest BCUT2D eigenvalue weighted by Gasteiger charge is -2.08. The number of hydrogen-bond donors (Lipinski definition) is 1. The predicted octanol–water partition coefficient (Wildman–Crippen LogP) is 2.51. The zero-order chi connectivity index (χ0) is 12.1. The van der Waals surface area contributed by atoms with Crippen LogP contribution in [0, 0.1) is 0 Å². The van der Waals surface area contributed by atoms with Gasteiger partial charge in [0.15, 0.2) is 0 Å². The van der Waals surface area contributed by atoms with Crippen LogP contribution in [-0.2, 0) is 4.84 Å². The summed E-state index contributed by atoms with van der Waals surface area (Å²) < 4.78 is 5.58. The molecule has 2 aromatic carbocycles. The molecule has 0 aromatic heterocycles. The van der Waals surface area contributed by atoms with Crippen LogP contribution in [0.15, 0.2) is 54.6 Å². The second kappa shape index (κ2) is 5.14. The Morgan fingerprint density at radius 2 is 1.59 bits per heavy atom. The van der Waals surface area contributed by atoms with Crippen molar-refractivity contribution in [2.75, 3.05) is 0 Å². The van der Waals surface area contributed by atoms with Gasteiger partial charge in [0.25, 0.3) is 0 Å². The van der Waals surface area contributed by atoms with Crippen molar-refractivity contribution in [1.29, 1.82) is 0 Å². The van der Waals surface area contributed by atoms with Crippen molar-refractivity contribution in [1.82, 2.24) is 0 Å². The average molecular weight is 229 g/mol. The molecule has 0 amide bonds. The minimum atomic E-state index is -0.628. The number of carbonyl (C=O) groups is 1. The molecule has 4 nitrogen and oxygen atoms in total. The summed E-state index contributed by atoms with van der Waals surface area (Å²) in [6.45, 7) is 0. The summed E-state index contributed by atoms with van der Waals surface area (Å²) in [7, 11) is 0. The van der Waals surface area contributed by atoms with Crippen LogP contribution in [-0.4, -0.2) is 5.97 Å². The van der Waals surface area contributed by atoms with E-state index in [0.717, 1.165) is 0 Å². The molecule has 2 rings (SSSR count). The summed E-state index contributed by atoms with van der Waals surface area (Å²) in [6.07, 6.45) is 0. The maximum atomic E-state index is 11.4. The van der Waals surface area contributed by atoms with Crippen LogP contribution in [0.5, 0.6) is 11.5 Å². The third-order valence-corrected chi connectivity index (χ3v) is 2.19. The van der Waals surface area contributed by atoms with Crippen LogP contribution in [0.1, 0.15) is 10.4 Å². The van der Waals surface area contributed by atoms with E-state index in [1.165, 1.54) is 0 Å². The van der Waals surface area contributed by atoms with E-state index in [1.54, 1.807) is 36.4 Å². The maximum absolute atomic E-state index is 11.4. The Bertz CT molecular complexity index is 511. The second-order valence-electron chi connectivity index (χ2n) is 3.32. The Kier molecular flexibility index (Phi) is 3.37. The van der Waals surface area contributed by atoms with Gasteiger partial charge in [-0.1, -0.05) is 30.3 Å². The fourth-order valence-corrected chi connectivity index (χ4v) is 1.40. The Hall–Kier alpha value is -2.33. The van der Waals surface area contributed by atoms with E-state index < -0.39 is 5.97 Å². The Morgan fingerprint density at radius 1 is 0.941 bits per heavy atom. The zero-order valence-corrected chi connectivity index (χ0v) is 9.00. The fourth-order valence-electron chi connectivity index (χ4n) is 1.40. The number of ether oxygens (including phenoxy) is 1. The van der Waals surface area contributed by atoms with Crippen molar-refractivity contribution in [3.05, 3.63) is 60.2 Å². The van der Waals surface area contributed by atoms with Gasteiger partial charge in [-0.3, -0.25) is 0 Å². The van der Waals surface area contributed by atoms with Crippen molar-refractivity contribution in [2.45, 2.75) is 0 Å². The minimum absolute atomic E-state index is 0.291. The number of rotatable bonds is 3. The predicted molar refractivity (Wildman–Crippen MR) is 62.6 cm³/mol. The molecule has 0 aliphatic rings. The monoisotopic (exact) mass is 229 g/mol. The summed E-state index contributed by atoms with van der Waals surface area (Å²) in [5.41, 5.74) is 0.291. The van der Waals surface area contributed by atoms with Gasteiger partial charge in [0.1, 0.15) is 17.1 Å². The molecule has 0 spiro atoms. The number of carbonyl (C=O) groups excluding carboxylic acids is 1. The molecule has 0 fully saturated rings. The van der Waals surface area contributed by atoms with Crippen LogP contribution < -0.4 is 10.6 Å². The summed E-state index contributed by atoms with van der Waals surface area (Å²) in [6, 6.07) is 15.9. The van der Waals surface area contributed by atoms with E-state index in [2.05, 4.69) is 4.84 Å². The molecule has 0 unspecified atom stereocenters. The Morgan fingerprint density at radius 3 is 2.29 bits per heavy atom. The highest BCUT2D eigenvalue weighted by Crippen LogP contribution is 2.25. The molecule has 0 saturated heterocycles. The van der Waals surface area contributed by atoms with Gasteiger partial charge in [-0.2, -0.15) is 5.90 Å². The van der Waals surface area contributed by atoms with E-state index in [0.29, 0.717) is 17.1 Å². The van der Waals surface area contributed by atoms with Gasteiger partial charge in [0, 0.05) is 0 Å². The first kappa shape index (κ1) is 11.2. The first-order chi connectivity index (χ1) is 8.31. The van der Waals surface area contributed by atoms with Crippen LogP contribution in [0.25, 0.3) is 0 Å². The standard InChI is InChI=1S/C13H11NO3/c14-17-13(15)11-8-4-5-9-12(11)16-10-6-2-1-3-7-10/h1-9H,14H2. The number of hydrogen-bond acceptors (Lipinski definition) is 4. The molecule has 4 heteroatoms. The van der Waals surface area contributed by atoms with Crippen molar-refractivity contribution in [3.8, 4) is 11.5 Å². The lowest BCUT2D eigenvalue weighted by atomic mass is 10.2. The molecule has 0 atom stereocenters. The zero-order valence-electron chi connectivity index (χ0n) is 9.00. The fraction of sp³-hybridized carbons (Fsp3) is 0. The smallest absolute Gasteiger partial charge is 0.360 e. The molecule has 2 aromatic rings. The molecule has 0 radical (unpaired) electrons. The Labute approximate surface area is 98.5 Å². The van der Waals surface area contributed by atoms with Crippen LogP contribution in [0.2, 0.25) is 0 Å². The molecule has 0 aliphatic heterocycles. The summed E-state index contributed by atoms with van der Waals surface area (Å²) in [5.74, 6) is 5.29. The highest BCUT2D eigenvalue weighted by Gasteiger charge is 2.12. The third kappa shape index (κ3) is 2.62. The quantitative estimate of drug-likeness (QED) is 0.821. The number of nitrogens with two attached hydrogens (primary N) is 1. The average Bonchev–Trinajstić information content (AvgIpc) is 2.40. The maximum Gasteiger partial charge on any atom is 0.360 e. The van der Waals surface area contributed by atoms with Crippen molar-refractivity contribution in [2.24, 2.45) is 5.90 Å². The Balaban J connectivity index is 2.30. The lowest BCUT2D eigenvalue weighted by Crippen LogP contribution is -2.11. The van der Waals surface area contributed by atoms with Gasteiger partial charge < -0.3 is 9.57 Å². The SMILES string of the molecule is NOC(=O)c1ccccc1Oc1ccccc1. The van der Waals surface area contributed by atoms with Gasteiger partial charge in [0.05, 0.1) is 0 Å². The van der Waals surface area contributed by atoms with Gasteiger partial charge in [-0.25, -0.2) is 4.79 Å². The second-order valence-corrected chi connectivity index (χ2v) is 3.32. The lowest BCUT2D eigenvalue weighted by molar-refractivity contribution is 0.0500. The van der Waals surface area contributed by atoms with Crippen molar-refractivity contribution >= 4 is 5.97 Å². The minimum Gasteiger partial charge on any atom is -0.456 e. The molecule has 0 heterocycles. The van der Waals surface area contributed by atoms with Crippen molar-refractivity contribution < 1.29 is 14.4 Å². The highest BCUT2D eigenvalue weighted by atomic mass is 16.7. The molecule has 2 N–H and O–H groups in total. The topological polar surface area (TPSA) is 61.5 Å². The molecule has 0 saturated carbocycles. The summed E-state index contributed by atoms with van der Waals surface area (Å²) in [4.78, 5) is 15.6. The van der Waals surface area contributed by atoms with Gasteiger partial charge in [-0.05, 0) is 24.3 Å². The number of para-hydroxylation sites is 2. The molecule has 86 valence electrons. The molecular formula is C13H11NO3. The van der Waals surface area contributed by atoms with Gasteiger partial charge >= 0.3 is 5.97 Å². The molecule has 0 aliphatic carbocycles. The van der Waals surface area contributed by atoms with Crippen LogP contribution in [0.4, 0.5) is 0 Å². The third-order valence-electron chi connectivity index (χ3n) is 2.19. The summed E-state index contributed by atoms with van der Waals surface area (Å²) in [5, 5.41) is 0. The highest BCUT2D eigenvalue weighted by molar-refractivity contribution is 5.92. The first-order valence-corrected chi connectivity index (χ1v) is 5.04. The van der Waals surface area contributed by atoms with Crippen LogP contribution in [0.3, 0.4) is 0 Å². The molecule has 0 bridgehead atoms. The first-order valence-electron chi connectivity index (χ1n) is 5.04. The largest absolute Gasteiger partial charge is 0.456 e. The number of benzene rings is 2. The van der Waals surface area contributed by atoms with Crippen LogP contribution >= 0.6 is 0 Å². The molecule has 17 heavy (non-hydrogen) atoms. The van der Waals surface area contributed by atoms with E-state index in [1.807, 2.05) is 18.2 Å². The summed E-state index contributed by atoms with van der Waals surface area (Å²) >= 11 is 0. The van der Waals surface area contributed by atoms with Gasteiger partial charge in [-0.15, -0.1) is 0 Å². The normalized spacial score (nSPS) is 9.71. The van der Waals surface area contributed by atoms with E-state index in [4.69, 9.17) is 10.6 Å². The van der Waals surface area contributed by atoms with Gasteiger partial charge in [0.2, 0.25) is 0 Å². The molecular weight excluding hydrogens is 218 g/mol.